The minimum absolute atomic E-state index is 0.198. The van der Waals surface area contributed by atoms with Crippen LogP contribution in [0.1, 0.15) is 36.9 Å². The number of aliphatic imine (C=N–C) groups is 1. The SMILES string of the molecule is CN=C(NCc1csc(C(C)C)n1)NC1CCN(c2ncccc2F)C1. The van der Waals surface area contributed by atoms with E-state index in [4.69, 9.17) is 0 Å². The molecule has 1 unspecified atom stereocenters. The molecule has 1 aliphatic rings. The van der Waals surface area contributed by atoms with Crippen LogP contribution < -0.4 is 15.5 Å². The van der Waals surface area contributed by atoms with Gasteiger partial charge in [0.1, 0.15) is 0 Å². The highest BCUT2D eigenvalue weighted by Crippen LogP contribution is 2.21. The van der Waals surface area contributed by atoms with Gasteiger partial charge in [0.25, 0.3) is 0 Å². The number of pyridine rings is 1. The van der Waals surface area contributed by atoms with Crippen molar-refractivity contribution in [2.24, 2.45) is 4.99 Å². The van der Waals surface area contributed by atoms with Crippen molar-refractivity contribution in [1.82, 2.24) is 20.6 Å². The normalized spacial score (nSPS) is 17.8. The Kier molecular flexibility index (Phi) is 6.03. The van der Waals surface area contributed by atoms with Crippen LogP contribution in [0.4, 0.5) is 10.2 Å². The van der Waals surface area contributed by atoms with Crippen molar-refractivity contribution in [3.8, 4) is 0 Å². The van der Waals surface area contributed by atoms with E-state index in [1.54, 1.807) is 30.6 Å². The number of thiazole rings is 1. The third kappa shape index (κ3) is 4.49. The third-order valence-electron chi connectivity index (χ3n) is 4.29. The quantitative estimate of drug-likeness (QED) is 0.621. The molecule has 1 atom stereocenters. The summed E-state index contributed by atoms with van der Waals surface area (Å²) in [7, 11) is 1.75. The Labute approximate surface area is 157 Å². The summed E-state index contributed by atoms with van der Waals surface area (Å²) in [6.07, 6.45) is 2.53. The van der Waals surface area contributed by atoms with Gasteiger partial charge in [0.2, 0.25) is 0 Å². The van der Waals surface area contributed by atoms with Crippen molar-refractivity contribution in [2.75, 3.05) is 25.0 Å². The van der Waals surface area contributed by atoms with E-state index in [9.17, 15) is 4.39 Å². The van der Waals surface area contributed by atoms with Crippen molar-refractivity contribution in [2.45, 2.75) is 38.8 Å². The van der Waals surface area contributed by atoms with E-state index in [-0.39, 0.29) is 11.9 Å². The number of hydrogen-bond acceptors (Lipinski definition) is 5. The maximum Gasteiger partial charge on any atom is 0.191 e. The molecular formula is C18H25FN6S. The lowest BCUT2D eigenvalue weighted by molar-refractivity contribution is 0.612. The molecule has 1 aliphatic heterocycles. The molecule has 140 valence electrons. The molecule has 1 fully saturated rings. The summed E-state index contributed by atoms with van der Waals surface area (Å²) in [5, 5.41) is 9.94. The van der Waals surface area contributed by atoms with Crippen LogP contribution in [0.3, 0.4) is 0 Å². The molecule has 1 saturated heterocycles. The monoisotopic (exact) mass is 376 g/mol. The van der Waals surface area contributed by atoms with E-state index in [1.165, 1.54) is 6.07 Å². The zero-order valence-corrected chi connectivity index (χ0v) is 16.2. The topological polar surface area (TPSA) is 65.4 Å². The van der Waals surface area contributed by atoms with Gasteiger partial charge in [-0.25, -0.2) is 14.4 Å². The summed E-state index contributed by atoms with van der Waals surface area (Å²) >= 11 is 1.69. The molecule has 26 heavy (non-hydrogen) atoms. The van der Waals surface area contributed by atoms with Crippen molar-refractivity contribution < 1.29 is 4.39 Å². The molecule has 0 radical (unpaired) electrons. The van der Waals surface area contributed by atoms with Crippen molar-refractivity contribution in [1.29, 1.82) is 0 Å². The highest BCUT2D eigenvalue weighted by atomic mass is 32.1. The summed E-state index contributed by atoms with van der Waals surface area (Å²) in [4.78, 5) is 15.0. The number of aromatic nitrogens is 2. The Morgan fingerprint density at radius 3 is 3.04 bits per heavy atom. The Balaban J connectivity index is 1.52. The van der Waals surface area contributed by atoms with Gasteiger partial charge in [0.15, 0.2) is 17.6 Å². The first-order chi connectivity index (χ1) is 12.6. The predicted octanol–water partition coefficient (Wildman–Crippen LogP) is 2.74. The van der Waals surface area contributed by atoms with Crippen LogP contribution in [0, 0.1) is 5.82 Å². The lowest BCUT2D eigenvalue weighted by Gasteiger charge is -2.19. The van der Waals surface area contributed by atoms with E-state index >= 15 is 0 Å². The van der Waals surface area contributed by atoms with Gasteiger partial charge in [-0.1, -0.05) is 13.8 Å². The van der Waals surface area contributed by atoms with Gasteiger partial charge in [-0.3, -0.25) is 4.99 Å². The predicted molar refractivity (Wildman–Crippen MR) is 104 cm³/mol. The Bertz CT molecular complexity index is 760. The minimum Gasteiger partial charge on any atom is -0.352 e. The molecule has 3 heterocycles. The molecule has 0 amide bonds. The van der Waals surface area contributed by atoms with Crippen LogP contribution in [0.15, 0.2) is 28.7 Å². The first-order valence-corrected chi connectivity index (χ1v) is 9.71. The van der Waals surface area contributed by atoms with Crippen molar-refractivity contribution in [3.63, 3.8) is 0 Å². The fourth-order valence-electron chi connectivity index (χ4n) is 2.91. The molecule has 6 nitrogen and oxygen atoms in total. The third-order valence-corrected chi connectivity index (χ3v) is 5.49. The van der Waals surface area contributed by atoms with E-state index in [0.29, 0.717) is 24.8 Å². The smallest absolute Gasteiger partial charge is 0.191 e. The van der Waals surface area contributed by atoms with Gasteiger partial charge >= 0.3 is 0 Å². The summed E-state index contributed by atoms with van der Waals surface area (Å²) in [6.45, 7) is 6.39. The molecule has 8 heteroatoms. The average molecular weight is 377 g/mol. The van der Waals surface area contributed by atoms with Crippen molar-refractivity contribution >= 4 is 23.1 Å². The second kappa shape index (κ2) is 8.44. The van der Waals surface area contributed by atoms with Crippen LogP contribution in [0.25, 0.3) is 0 Å². The fourth-order valence-corrected chi connectivity index (χ4v) is 3.75. The Hall–Kier alpha value is -2.22. The number of nitrogens with zero attached hydrogens (tertiary/aromatic N) is 4. The second-order valence-electron chi connectivity index (χ2n) is 6.64. The molecule has 0 aromatic carbocycles. The molecule has 2 N–H and O–H groups in total. The zero-order chi connectivity index (χ0) is 18.5. The van der Waals surface area contributed by atoms with E-state index in [0.717, 1.165) is 29.6 Å². The molecule has 0 aliphatic carbocycles. The largest absolute Gasteiger partial charge is 0.352 e. The zero-order valence-electron chi connectivity index (χ0n) is 15.4. The average Bonchev–Trinajstić information content (AvgIpc) is 3.28. The van der Waals surface area contributed by atoms with Gasteiger partial charge < -0.3 is 15.5 Å². The Morgan fingerprint density at radius 1 is 1.50 bits per heavy atom. The van der Waals surface area contributed by atoms with Gasteiger partial charge in [-0.15, -0.1) is 11.3 Å². The molecule has 2 aromatic heterocycles. The van der Waals surface area contributed by atoms with E-state index in [1.807, 2.05) is 4.90 Å². The number of hydrogen-bond donors (Lipinski definition) is 2. The summed E-state index contributed by atoms with van der Waals surface area (Å²) in [5.74, 6) is 1.32. The number of nitrogens with one attached hydrogen (secondary N) is 2. The summed E-state index contributed by atoms with van der Waals surface area (Å²) in [5.41, 5.74) is 1.02. The number of guanidine groups is 1. The van der Waals surface area contributed by atoms with Crippen molar-refractivity contribution in [3.05, 3.63) is 40.2 Å². The lowest BCUT2D eigenvalue weighted by atomic mass is 10.2. The second-order valence-corrected chi connectivity index (χ2v) is 7.53. The fraction of sp³-hybridized carbons (Fsp3) is 0.500. The summed E-state index contributed by atoms with van der Waals surface area (Å²) in [6, 6.07) is 3.26. The first kappa shape index (κ1) is 18.6. The molecule has 0 bridgehead atoms. The molecular weight excluding hydrogens is 351 g/mol. The minimum atomic E-state index is -0.278. The van der Waals surface area contributed by atoms with Crippen LogP contribution in [-0.2, 0) is 6.54 Å². The van der Waals surface area contributed by atoms with Crippen LogP contribution in [0.5, 0.6) is 0 Å². The standard InChI is InChI=1S/C18H25FN6S/c1-12(2)17-23-14(11-26-17)9-22-18(20-3)24-13-6-8-25(10-13)16-15(19)5-4-7-21-16/h4-5,7,11-13H,6,8-10H2,1-3H3,(H2,20,22,24). The summed E-state index contributed by atoms with van der Waals surface area (Å²) < 4.78 is 13.9. The van der Waals surface area contributed by atoms with E-state index < -0.39 is 0 Å². The van der Waals surface area contributed by atoms with Gasteiger partial charge in [-0.2, -0.15) is 0 Å². The lowest BCUT2D eigenvalue weighted by Crippen LogP contribution is -2.44. The van der Waals surface area contributed by atoms with Crippen LogP contribution >= 0.6 is 11.3 Å². The number of rotatable bonds is 5. The van der Waals surface area contributed by atoms with Crippen LogP contribution in [0.2, 0.25) is 0 Å². The number of anilines is 1. The van der Waals surface area contributed by atoms with E-state index in [2.05, 4.69) is 44.8 Å². The maximum atomic E-state index is 13.9. The first-order valence-electron chi connectivity index (χ1n) is 8.83. The highest BCUT2D eigenvalue weighted by molar-refractivity contribution is 7.09. The maximum absolute atomic E-state index is 13.9. The molecule has 2 aromatic rings. The number of halogens is 1. The molecule has 0 saturated carbocycles. The van der Waals surface area contributed by atoms with Crippen LogP contribution in [-0.4, -0.2) is 42.1 Å². The van der Waals surface area contributed by atoms with Gasteiger partial charge in [-0.05, 0) is 18.6 Å². The highest BCUT2D eigenvalue weighted by Gasteiger charge is 2.25. The van der Waals surface area contributed by atoms with Gasteiger partial charge in [0, 0.05) is 43.7 Å². The molecule has 0 spiro atoms. The molecule has 3 rings (SSSR count). The van der Waals surface area contributed by atoms with Gasteiger partial charge in [0.05, 0.1) is 17.2 Å². The Morgan fingerprint density at radius 2 is 2.35 bits per heavy atom.